The average Bonchev–Trinajstić information content (AvgIpc) is 3.04. The second-order valence-corrected chi connectivity index (χ2v) is 5.57. The maximum absolute atomic E-state index is 12.4. The maximum atomic E-state index is 12.4. The molecule has 1 saturated heterocycles. The van der Waals surface area contributed by atoms with Gasteiger partial charge in [-0.2, -0.15) is 0 Å². The van der Waals surface area contributed by atoms with Crippen molar-refractivity contribution < 1.29 is 4.79 Å². The number of carbonyl (C=O) groups is 1. The Labute approximate surface area is 129 Å². The van der Waals surface area contributed by atoms with Crippen LogP contribution in [0.2, 0.25) is 0 Å². The minimum absolute atomic E-state index is 0.0838. The first-order chi connectivity index (χ1) is 10.6. The number of nitrogens with one attached hydrogen (secondary N) is 2. The van der Waals surface area contributed by atoms with Gasteiger partial charge in [0, 0.05) is 38.2 Å². The molecule has 1 fully saturated rings. The molecule has 1 atom stereocenters. The second kappa shape index (κ2) is 6.15. The number of aryl methyl sites for hydroxylation is 1. The molecular weight excluding hydrogens is 280 g/mol. The van der Waals surface area contributed by atoms with E-state index in [1.165, 1.54) is 0 Å². The van der Waals surface area contributed by atoms with Gasteiger partial charge in [0.15, 0.2) is 0 Å². The number of H-pyrrole nitrogens is 1. The van der Waals surface area contributed by atoms with Crippen molar-refractivity contribution >= 4 is 11.8 Å². The Balaban J connectivity index is 1.66. The van der Waals surface area contributed by atoms with Gasteiger partial charge in [0.1, 0.15) is 11.6 Å². The summed E-state index contributed by atoms with van der Waals surface area (Å²) >= 11 is 0. The van der Waals surface area contributed by atoms with Crippen LogP contribution in [0.4, 0.5) is 10.6 Å². The molecule has 2 N–H and O–H groups in total. The molecule has 2 aromatic rings. The summed E-state index contributed by atoms with van der Waals surface area (Å²) in [7, 11) is 2.05. The Hall–Kier alpha value is -2.41. The van der Waals surface area contributed by atoms with Gasteiger partial charge in [-0.05, 0) is 25.6 Å². The highest BCUT2D eigenvalue weighted by Gasteiger charge is 2.29. The molecule has 7 nitrogen and oxygen atoms in total. The molecule has 0 unspecified atom stereocenters. The smallest absolute Gasteiger partial charge is 0.323 e. The number of likely N-dealkylation sites (N-methyl/N-ethyl adjacent to an activating group) is 1. The zero-order valence-electron chi connectivity index (χ0n) is 12.8. The van der Waals surface area contributed by atoms with Crippen LogP contribution in [-0.4, -0.2) is 57.5 Å². The Morgan fingerprint density at radius 3 is 2.91 bits per heavy atom. The summed E-state index contributed by atoms with van der Waals surface area (Å²) in [6.07, 6.45) is 5.28. The minimum Gasteiger partial charge on any atom is -0.347 e. The van der Waals surface area contributed by atoms with Crippen molar-refractivity contribution in [3.63, 3.8) is 0 Å². The zero-order valence-corrected chi connectivity index (χ0v) is 12.8. The molecule has 1 aliphatic rings. The summed E-state index contributed by atoms with van der Waals surface area (Å²) in [4.78, 5) is 28.0. The van der Waals surface area contributed by atoms with Crippen LogP contribution in [0, 0.1) is 6.92 Å². The first-order valence-electron chi connectivity index (χ1n) is 7.31. The number of rotatable bonds is 2. The van der Waals surface area contributed by atoms with Crippen molar-refractivity contribution in [2.45, 2.75) is 13.0 Å². The highest BCUT2D eigenvalue weighted by atomic mass is 16.2. The molecule has 3 rings (SSSR count). The fourth-order valence-corrected chi connectivity index (χ4v) is 2.54. The van der Waals surface area contributed by atoms with E-state index in [0.29, 0.717) is 18.9 Å². The third-order valence-corrected chi connectivity index (χ3v) is 3.92. The lowest BCUT2D eigenvalue weighted by Gasteiger charge is -2.38. The largest absolute Gasteiger partial charge is 0.347 e. The number of aromatic nitrogens is 3. The van der Waals surface area contributed by atoms with Crippen molar-refractivity contribution in [3.05, 3.63) is 42.1 Å². The number of hydrogen-bond acceptors (Lipinski definition) is 4. The van der Waals surface area contributed by atoms with Crippen molar-refractivity contribution in [1.29, 1.82) is 0 Å². The van der Waals surface area contributed by atoms with E-state index in [0.717, 1.165) is 17.9 Å². The number of piperazine rings is 1. The third kappa shape index (κ3) is 3.09. The van der Waals surface area contributed by atoms with E-state index in [2.05, 4.69) is 25.2 Å². The van der Waals surface area contributed by atoms with Crippen molar-refractivity contribution in [3.8, 4) is 0 Å². The number of amides is 2. The van der Waals surface area contributed by atoms with E-state index in [9.17, 15) is 4.79 Å². The fraction of sp³-hybridized carbons (Fsp3) is 0.400. The summed E-state index contributed by atoms with van der Waals surface area (Å²) < 4.78 is 0. The van der Waals surface area contributed by atoms with Crippen LogP contribution >= 0.6 is 0 Å². The number of imidazole rings is 1. The predicted octanol–water partition coefficient (Wildman–Crippen LogP) is 1.63. The van der Waals surface area contributed by atoms with Crippen molar-refractivity contribution in [2.24, 2.45) is 0 Å². The highest BCUT2D eigenvalue weighted by Crippen LogP contribution is 2.21. The van der Waals surface area contributed by atoms with Gasteiger partial charge in [-0.1, -0.05) is 6.07 Å². The molecule has 2 aromatic heterocycles. The molecule has 3 heterocycles. The SMILES string of the molecule is Cc1ccc(NC(=O)N2CCN(C)[C@H](c3ncc[nH]3)C2)nc1. The molecular formula is C15H20N6O. The Bertz CT molecular complexity index is 624. The molecule has 0 aliphatic carbocycles. The van der Waals surface area contributed by atoms with Crippen LogP contribution in [0.1, 0.15) is 17.4 Å². The van der Waals surface area contributed by atoms with Gasteiger partial charge in [0.25, 0.3) is 0 Å². The van der Waals surface area contributed by atoms with Crippen LogP contribution in [0.25, 0.3) is 0 Å². The molecule has 0 saturated carbocycles. The van der Waals surface area contributed by atoms with E-state index in [-0.39, 0.29) is 12.1 Å². The van der Waals surface area contributed by atoms with Crippen LogP contribution in [0.15, 0.2) is 30.7 Å². The van der Waals surface area contributed by atoms with E-state index >= 15 is 0 Å². The summed E-state index contributed by atoms with van der Waals surface area (Å²) in [5.74, 6) is 1.46. The van der Waals surface area contributed by atoms with Gasteiger partial charge in [0.2, 0.25) is 0 Å². The summed E-state index contributed by atoms with van der Waals surface area (Å²) in [6.45, 7) is 4.06. The van der Waals surface area contributed by atoms with Crippen molar-refractivity contribution in [2.75, 3.05) is 32.0 Å². The topological polar surface area (TPSA) is 77.2 Å². The second-order valence-electron chi connectivity index (χ2n) is 5.57. The number of hydrogen-bond donors (Lipinski definition) is 2. The first kappa shape index (κ1) is 14.5. The predicted molar refractivity (Wildman–Crippen MR) is 83.5 cm³/mol. The van der Waals surface area contributed by atoms with E-state index < -0.39 is 0 Å². The maximum Gasteiger partial charge on any atom is 0.323 e. The highest BCUT2D eigenvalue weighted by molar-refractivity contribution is 5.88. The average molecular weight is 300 g/mol. The number of urea groups is 1. The Morgan fingerprint density at radius 1 is 1.36 bits per heavy atom. The lowest BCUT2D eigenvalue weighted by atomic mass is 10.1. The van der Waals surface area contributed by atoms with E-state index in [1.807, 2.05) is 26.1 Å². The van der Waals surface area contributed by atoms with Crippen LogP contribution in [0.5, 0.6) is 0 Å². The monoisotopic (exact) mass is 300 g/mol. The number of aromatic amines is 1. The fourth-order valence-electron chi connectivity index (χ4n) is 2.54. The number of nitrogens with zero attached hydrogens (tertiary/aromatic N) is 4. The molecule has 1 aliphatic heterocycles. The number of anilines is 1. The molecule has 2 amide bonds. The third-order valence-electron chi connectivity index (χ3n) is 3.92. The van der Waals surface area contributed by atoms with Crippen molar-refractivity contribution in [1.82, 2.24) is 24.8 Å². The zero-order chi connectivity index (χ0) is 15.5. The molecule has 0 radical (unpaired) electrons. The molecule has 0 spiro atoms. The standard InChI is InChI=1S/C15H20N6O/c1-11-3-4-13(18-9-11)19-15(22)21-8-7-20(2)12(10-21)14-16-5-6-17-14/h3-6,9,12H,7-8,10H2,1-2H3,(H,16,17)(H,18,19,22)/t12-/m0/s1. The van der Waals surface area contributed by atoms with Gasteiger partial charge in [-0.3, -0.25) is 10.2 Å². The molecule has 22 heavy (non-hydrogen) atoms. The van der Waals surface area contributed by atoms with Crippen LogP contribution in [0.3, 0.4) is 0 Å². The van der Waals surface area contributed by atoms with Crippen LogP contribution < -0.4 is 5.32 Å². The minimum atomic E-state index is -0.124. The summed E-state index contributed by atoms with van der Waals surface area (Å²) in [5, 5.41) is 2.85. The molecule has 116 valence electrons. The Morgan fingerprint density at radius 2 is 2.23 bits per heavy atom. The summed E-state index contributed by atoms with van der Waals surface area (Å²) in [6, 6.07) is 3.70. The number of carbonyl (C=O) groups excluding carboxylic acids is 1. The van der Waals surface area contributed by atoms with Crippen LogP contribution in [-0.2, 0) is 0 Å². The first-order valence-corrected chi connectivity index (χ1v) is 7.31. The van der Waals surface area contributed by atoms with Gasteiger partial charge in [-0.15, -0.1) is 0 Å². The van der Waals surface area contributed by atoms with E-state index in [4.69, 9.17) is 0 Å². The molecule has 7 heteroatoms. The van der Waals surface area contributed by atoms with Gasteiger partial charge in [-0.25, -0.2) is 14.8 Å². The van der Waals surface area contributed by atoms with Gasteiger partial charge in [0.05, 0.1) is 6.04 Å². The molecule has 0 aromatic carbocycles. The Kier molecular flexibility index (Phi) is 4.06. The number of pyridine rings is 1. The summed E-state index contributed by atoms with van der Waals surface area (Å²) in [5.41, 5.74) is 1.07. The molecule has 0 bridgehead atoms. The quantitative estimate of drug-likeness (QED) is 0.884. The lowest BCUT2D eigenvalue weighted by Crippen LogP contribution is -2.50. The van der Waals surface area contributed by atoms with Gasteiger partial charge >= 0.3 is 6.03 Å². The van der Waals surface area contributed by atoms with Gasteiger partial charge < -0.3 is 9.88 Å². The van der Waals surface area contributed by atoms with E-state index in [1.54, 1.807) is 23.5 Å². The normalized spacial score (nSPS) is 19.2. The lowest BCUT2D eigenvalue weighted by molar-refractivity contribution is 0.112.